The van der Waals surface area contributed by atoms with Crippen molar-refractivity contribution in [2.75, 3.05) is 13.7 Å². The van der Waals surface area contributed by atoms with Gasteiger partial charge in [0.1, 0.15) is 11.6 Å². The van der Waals surface area contributed by atoms with Crippen molar-refractivity contribution in [3.05, 3.63) is 98.5 Å². The molecule has 0 spiro atoms. The number of hydrogen-bond donors (Lipinski definition) is 0. The van der Waals surface area contributed by atoms with E-state index in [0.29, 0.717) is 62.7 Å². The van der Waals surface area contributed by atoms with Crippen LogP contribution in [0.1, 0.15) is 55.8 Å². The average molecular weight is 553 g/mol. The van der Waals surface area contributed by atoms with E-state index in [2.05, 4.69) is 13.8 Å². The van der Waals surface area contributed by atoms with Gasteiger partial charge in [0.15, 0.2) is 0 Å². The van der Waals surface area contributed by atoms with Gasteiger partial charge in [0.25, 0.3) is 11.5 Å². The van der Waals surface area contributed by atoms with Crippen molar-refractivity contribution in [1.29, 1.82) is 0 Å². The normalized spacial score (nSPS) is 12.1. The number of ether oxygens (including phenoxy) is 1. The van der Waals surface area contributed by atoms with Gasteiger partial charge >= 0.3 is 0 Å². The van der Waals surface area contributed by atoms with Crippen LogP contribution < -0.4 is 10.3 Å². The van der Waals surface area contributed by atoms with Gasteiger partial charge < -0.3 is 9.64 Å². The number of nitrogens with zero attached hydrogens (tertiary/aromatic N) is 3. The Hall–Kier alpha value is -3.35. The minimum atomic E-state index is -0.502. The Balaban J connectivity index is 1.97. The molecule has 6 nitrogen and oxygen atoms in total. The third-order valence-corrected chi connectivity index (χ3v) is 7.30. The quantitative estimate of drug-likeness (QED) is 0.218. The SMILES string of the molecule is CCC(c1nc2ccccc2c(=O)n1-c1ccccc1OC)N(CCC(C)C)C(=O)c1ccc(Cl)c(Cl)c1. The number of hydrogen-bond acceptors (Lipinski definition) is 4. The molecular weight excluding hydrogens is 521 g/mol. The van der Waals surface area contributed by atoms with Crippen LogP contribution >= 0.6 is 23.2 Å². The molecule has 1 heterocycles. The maximum absolute atomic E-state index is 14.0. The van der Waals surface area contributed by atoms with E-state index < -0.39 is 6.04 Å². The first kappa shape index (κ1) is 27.7. The van der Waals surface area contributed by atoms with Crippen molar-refractivity contribution in [3.63, 3.8) is 0 Å². The first-order valence-electron chi connectivity index (χ1n) is 12.7. The first-order chi connectivity index (χ1) is 18.3. The summed E-state index contributed by atoms with van der Waals surface area (Å²) in [7, 11) is 1.57. The van der Waals surface area contributed by atoms with E-state index >= 15 is 0 Å². The fraction of sp³-hybridized carbons (Fsp3) is 0.300. The summed E-state index contributed by atoms with van der Waals surface area (Å²) in [5, 5.41) is 1.18. The highest BCUT2D eigenvalue weighted by Gasteiger charge is 2.30. The molecule has 0 radical (unpaired) electrons. The zero-order valence-electron chi connectivity index (χ0n) is 21.9. The molecule has 0 saturated carbocycles. The van der Waals surface area contributed by atoms with Crippen molar-refractivity contribution >= 4 is 40.0 Å². The number of benzene rings is 3. The van der Waals surface area contributed by atoms with Crippen LogP contribution in [-0.2, 0) is 0 Å². The maximum Gasteiger partial charge on any atom is 0.266 e. The van der Waals surface area contributed by atoms with Gasteiger partial charge in [0.05, 0.1) is 39.8 Å². The fourth-order valence-corrected chi connectivity index (χ4v) is 4.85. The van der Waals surface area contributed by atoms with Crippen molar-refractivity contribution in [3.8, 4) is 11.4 Å². The highest BCUT2D eigenvalue weighted by atomic mass is 35.5. The first-order valence-corrected chi connectivity index (χ1v) is 13.4. The summed E-state index contributed by atoms with van der Waals surface area (Å²) >= 11 is 12.4. The van der Waals surface area contributed by atoms with Gasteiger partial charge in [-0.05, 0) is 61.2 Å². The van der Waals surface area contributed by atoms with Crippen LogP contribution in [0.3, 0.4) is 0 Å². The Morgan fingerprint density at radius 2 is 1.74 bits per heavy atom. The average Bonchev–Trinajstić information content (AvgIpc) is 2.92. The van der Waals surface area contributed by atoms with Gasteiger partial charge in [0.2, 0.25) is 0 Å². The molecule has 198 valence electrons. The predicted octanol–water partition coefficient (Wildman–Crippen LogP) is 7.34. The number of halogens is 2. The fourth-order valence-electron chi connectivity index (χ4n) is 4.55. The van der Waals surface area contributed by atoms with Crippen LogP contribution in [0.2, 0.25) is 10.0 Å². The lowest BCUT2D eigenvalue weighted by atomic mass is 10.0. The van der Waals surface area contributed by atoms with E-state index in [1.807, 2.05) is 43.3 Å². The predicted molar refractivity (Wildman–Crippen MR) is 154 cm³/mol. The molecule has 4 rings (SSSR count). The van der Waals surface area contributed by atoms with E-state index in [0.717, 1.165) is 6.42 Å². The van der Waals surface area contributed by atoms with Crippen LogP contribution in [0.25, 0.3) is 16.6 Å². The van der Waals surface area contributed by atoms with E-state index in [1.54, 1.807) is 46.9 Å². The van der Waals surface area contributed by atoms with E-state index in [9.17, 15) is 9.59 Å². The van der Waals surface area contributed by atoms with E-state index in [1.165, 1.54) is 0 Å². The molecule has 3 aromatic carbocycles. The van der Waals surface area contributed by atoms with Gasteiger partial charge in [-0.1, -0.05) is 68.2 Å². The molecule has 1 atom stereocenters. The molecule has 1 aromatic heterocycles. The summed E-state index contributed by atoms with van der Waals surface area (Å²) in [5.41, 5.74) is 1.34. The largest absolute Gasteiger partial charge is 0.495 e. The molecule has 0 aliphatic rings. The molecule has 8 heteroatoms. The number of methoxy groups -OCH3 is 1. The molecule has 1 amide bonds. The summed E-state index contributed by atoms with van der Waals surface area (Å²) in [6.45, 7) is 6.69. The topological polar surface area (TPSA) is 64.4 Å². The standard InChI is InChI=1S/C30H31Cl2N3O3/c1-5-25(34(17-16-19(2)3)29(36)20-14-15-22(31)23(32)18-20)28-33-24-11-7-6-10-21(24)30(37)35(28)26-12-8-9-13-27(26)38-4/h6-15,18-19,25H,5,16-17H2,1-4H3. The van der Waals surface area contributed by atoms with Crippen molar-refractivity contribution in [1.82, 2.24) is 14.5 Å². The monoisotopic (exact) mass is 551 g/mol. The van der Waals surface area contributed by atoms with Crippen LogP contribution in [0.15, 0.2) is 71.5 Å². The zero-order valence-corrected chi connectivity index (χ0v) is 23.5. The summed E-state index contributed by atoms with van der Waals surface area (Å²) in [5.74, 6) is 1.16. The zero-order chi connectivity index (χ0) is 27.4. The molecule has 38 heavy (non-hydrogen) atoms. The summed E-state index contributed by atoms with van der Waals surface area (Å²) in [6, 6.07) is 19.0. The lowest BCUT2D eigenvalue weighted by molar-refractivity contribution is 0.0648. The number of amides is 1. The minimum Gasteiger partial charge on any atom is -0.495 e. The number of carbonyl (C=O) groups excluding carboxylic acids is 1. The molecular formula is C30H31Cl2N3O3. The summed E-state index contributed by atoms with van der Waals surface area (Å²) < 4.78 is 7.20. The molecule has 0 N–H and O–H groups in total. The molecule has 0 aliphatic carbocycles. The minimum absolute atomic E-state index is 0.204. The second-order valence-electron chi connectivity index (χ2n) is 9.53. The molecule has 4 aromatic rings. The van der Waals surface area contributed by atoms with Crippen LogP contribution in [0.5, 0.6) is 5.75 Å². The van der Waals surface area contributed by atoms with Crippen LogP contribution in [-0.4, -0.2) is 34.0 Å². The van der Waals surface area contributed by atoms with Crippen LogP contribution in [0, 0.1) is 5.92 Å². The van der Waals surface area contributed by atoms with E-state index in [4.69, 9.17) is 32.9 Å². The van der Waals surface area contributed by atoms with Crippen LogP contribution in [0.4, 0.5) is 0 Å². The Kier molecular flexibility index (Phi) is 8.75. The van der Waals surface area contributed by atoms with Crippen molar-refractivity contribution < 1.29 is 9.53 Å². The van der Waals surface area contributed by atoms with Gasteiger partial charge in [-0.3, -0.25) is 14.2 Å². The highest BCUT2D eigenvalue weighted by molar-refractivity contribution is 6.42. The Bertz CT molecular complexity index is 1520. The van der Waals surface area contributed by atoms with Gasteiger partial charge in [-0.2, -0.15) is 0 Å². The second kappa shape index (κ2) is 12.0. The molecule has 0 fully saturated rings. The highest BCUT2D eigenvalue weighted by Crippen LogP contribution is 2.32. The molecule has 0 bridgehead atoms. The van der Waals surface area contributed by atoms with Crippen molar-refractivity contribution in [2.24, 2.45) is 5.92 Å². The molecule has 1 unspecified atom stereocenters. The number of rotatable bonds is 9. The smallest absolute Gasteiger partial charge is 0.266 e. The Labute approximate surface area is 232 Å². The summed E-state index contributed by atoms with van der Waals surface area (Å²) in [6.07, 6.45) is 1.31. The summed E-state index contributed by atoms with van der Waals surface area (Å²) in [4.78, 5) is 34.8. The molecule has 0 aliphatic heterocycles. The van der Waals surface area contributed by atoms with Gasteiger partial charge in [0, 0.05) is 12.1 Å². The number of carbonyl (C=O) groups is 1. The second-order valence-corrected chi connectivity index (χ2v) is 10.3. The number of aromatic nitrogens is 2. The Morgan fingerprint density at radius 3 is 2.42 bits per heavy atom. The number of fused-ring (bicyclic) bond motifs is 1. The molecule has 0 saturated heterocycles. The van der Waals surface area contributed by atoms with Crippen molar-refractivity contribution in [2.45, 2.75) is 39.7 Å². The van der Waals surface area contributed by atoms with E-state index in [-0.39, 0.29) is 11.5 Å². The third-order valence-electron chi connectivity index (χ3n) is 6.56. The van der Waals surface area contributed by atoms with Gasteiger partial charge in [-0.25, -0.2) is 4.98 Å². The third kappa shape index (κ3) is 5.57. The lowest BCUT2D eigenvalue weighted by Gasteiger charge is -2.33. The lowest BCUT2D eigenvalue weighted by Crippen LogP contribution is -2.39. The number of para-hydroxylation sites is 3. The van der Waals surface area contributed by atoms with Gasteiger partial charge in [-0.15, -0.1) is 0 Å². The maximum atomic E-state index is 14.0. The Morgan fingerprint density at radius 1 is 1.03 bits per heavy atom.